The molecule has 0 bridgehead atoms. The minimum Gasteiger partial charge on any atom is -0.465 e. The molecule has 1 heterocycles. The van der Waals surface area contributed by atoms with Crippen LogP contribution < -0.4 is 5.32 Å². The number of amides is 1. The van der Waals surface area contributed by atoms with E-state index in [0.717, 1.165) is 0 Å². The van der Waals surface area contributed by atoms with Crippen LogP contribution in [0.3, 0.4) is 0 Å². The number of rotatable bonds is 2. The molecule has 0 aliphatic carbocycles. The first-order valence-electron chi connectivity index (χ1n) is 2.74. The molecule has 0 radical (unpaired) electrons. The molecule has 1 rings (SSSR count). The van der Waals surface area contributed by atoms with Gasteiger partial charge in [-0.15, -0.1) is 0 Å². The van der Waals surface area contributed by atoms with Crippen LogP contribution in [0.2, 0.25) is 0 Å². The summed E-state index contributed by atoms with van der Waals surface area (Å²) in [7, 11) is 0. The molecule has 0 aromatic carbocycles. The summed E-state index contributed by atoms with van der Waals surface area (Å²) in [5.74, 6) is 0.613. The number of H-pyrrole nitrogens is 1. The maximum absolute atomic E-state index is 9.94. The predicted octanol–water partition coefficient (Wildman–Crippen LogP) is 0.177. The van der Waals surface area contributed by atoms with Gasteiger partial charge in [0.15, 0.2) is 0 Å². The first-order chi connectivity index (χ1) is 4.79. The molecule has 1 aromatic rings. The number of aromatic amines is 1. The molecule has 5 nitrogen and oxygen atoms in total. The van der Waals surface area contributed by atoms with Crippen molar-refractivity contribution in [1.29, 1.82) is 0 Å². The van der Waals surface area contributed by atoms with Crippen LogP contribution in [-0.4, -0.2) is 21.2 Å². The summed E-state index contributed by atoms with van der Waals surface area (Å²) in [6.45, 7) is 0.225. The van der Waals surface area contributed by atoms with Gasteiger partial charge in [-0.3, -0.25) is 0 Å². The Hall–Kier alpha value is -1.52. The van der Waals surface area contributed by atoms with Gasteiger partial charge in [0.1, 0.15) is 5.82 Å². The number of nitrogens with one attached hydrogen (secondary N) is 2. The van der Waals surface area contributed by atoms with Gasteiger partial charge in [0.25, 0.3) is 0 Å². The van der Waals surface area contributed by atoms with Gasteiger partial charge in [0.2, 0.25) is 0 Å². The lowest BCUT2D eigenvalue weighted by Gasteiger charge is -1.94. The van der Waals surface area contributed by atoms with E-state index in [2.05, 4.69) is 15.3 Å². The van der Waals surface area contributed by atoms with Crippen molar-refractivity contribution in [3.05, 3.63) is 18.2 Å². The fourth-order valence-electron chi connectivity index (χ4n) is 0.554. The molecule has 3 N–H and O–H groups in total. The molecule has 0 aliphatic rings. The molecule has 0 atom stereocenters. The lowest BCUT2D eigenvalue weighted by molar-refractivity contribution is 0.193. The van der Waals surface area contributed by atoms with Crippen molar-refractivity contribution in [3.63, 3.8) is 0 Å². The maximum Gasteiger partial charge on any atom is 0.405 e. The second-order valence-corrected chi connectivity index (χ2v) is 1.69. The summed E-state index contributed by atoms with van der Waals surface area (Å²) in [6.07, 6.45) is 2.16. The first-order valence-corrected chi connectivity index (χ1v) is 2.74. The third-order valence-corrected chi connectivity index (χ3v) is 0.962. The zero-order valence-corrected chi connectivity index (χ0v) is 5.16. The molecule has 10 heavy (non-hydrogen) atoms. The van der Waals surface area contributed by atoms with Gasteiger partial charge in [0, 0.05) is 12.4 Å². The Morgan fingerprint density at radius 1 is 1.90 bits per heavy atom. The summed E-state index contributed by atoms with van der Waals surface area (Å²) in [4.78, 5) is 16.5. The molecular formula is C5H7N3O2. The van der Waals surface area contributed by atoms with Crippen molar-refractivity contribution in [3.8, 4) is 0 Å². The number of carbonyl (C=O) groups is 1. The Bertz CT molecular complexity index is 207. The zero-order chi connectivity index (χ0) is 7.40. The third-order valence-electron chi connectivity index (χ3n) is 0.962. The number of nitrogens with zero attached hydrogens (tertiary/aromatic N) is 1. The fraction of sp³-hybridized carbons (Fsp3) is 0.200. The molecule has 5 heteroatoms. The highest BCUT2D eigenvalue weighted by atomic mass is 16.4. The number of carboxylic acid groups (broad SMARTS) is 1. The van der Waals surface area contributed by atoms with Crippen LogP contribution in [0, 0.1) is 0 Å². The Kier molecular flexibility index (Phi) is 1.89. The maximum atomic E-state index is 9.94. The smallest absolute Gasteiger partial charge is 0.405 e. The average Bonchev–Trinajstić information content (AvgIpc) is 2.34. The SMILES string of the molecule is O=C(O)NCc1ncc[nH]1. The van der Waals surface area contributed by atoms with Gasteiger partial charge < -0.3 is 15.4 Å². The predicted molar refractivity (Wildman–Crippen MR) is 33.5 cm³/mol. The van der Waals surface area contributed by atoms with Crippen LogP contribution >= 0.6 is 0 Å². The van der Waals surface area contributed by atoms with Gasteiger partial charge in [0.05, 0.1) is 6.54 Å². The molecule has 0 aliphatic heterocycles. The molecule has 0 saturated carbocycles. The summed E-state index contributed by atoms with van der Waals surface area (Å²) in [5, 5.41) is 10.3. The van der Waals surface area contributed by atoms with Crippen molar-refractivity contribution in [1.82, 2.24) is 15.3 Å². The van der Waals surface area contributed by atoms with Crippen LogP contribution in [-0.2, 0) is 6.54 Å². The van der Waals surface area contributed by atoms with Crippen molar-refractivity contribution < 1.29 is 9.90 Å². The lowest BCUT2D eigenvalue weighted by Crippen LogP contribution is -2.20. The van der Waals surface area contributed by atoms with Crippen LogP contribution in [0.15, 0.2) is 12.4 Å². The molecule has 0 spiro atoms. The molecular weight excluding hydrogens is 134 g/mol. The molecule has 54 valence electrons. The van der Waals surface area contributed by atoms with Crippen LogP contribution in [0.25, 0.3) is 0 Å². The van der Waals surface area contributed by atoms with E-state index in [1.54, 1.807) is 12.4 Å². The first kappa shape index (κ1) is 6.60. The van der Waals surface area contributed by atoms with Crippen molar-refractivity contribution in [2.75, 3.05) is 0 Å². The normalized spacial score (nSPS) is 9.20. The second-order valence-electron chi connectivity index (χ2n) is 1.69. The number of hydrogen-bond acceptors (Lipinski definition) is 2. The Balaban J connectivity index is 2.35. The summed E-state index contributed by atoms with van der Waals surface area (Å²) in [5.41, 5.74) is 0. The lowest BCUT2D eigenvalue weighted by atomic mass is 10.6. The summed E-state index contributed by atoms with van der Waals surface area (Å²) >= 11 is 0. The minimum absolute atomic E-state index is 0.225. The molecule has 0 saturated heterocycles. The van der Waals surface area contributed by atoms with Gasteiger partial charge in [-0.25, -0.2) is 9.78 Å². The molecule has 0 unspecified atom stereocenters. The largest absolute Gasteiger partial charge is 0.465 e. The summed E-state index contributed by atoms with van der Waals surface area (Å²) < 4.78 is 0. The molecule has 1 amide bonds. The number of aromatic nitrogens is 2. The van der Waals surface area contributed by atoms with Crippen LogP contribution in [0.5, 0.6) is 0 Å². The standard InChI is InChI=1S/C5H7N3O2/c9-5(10)8-3-4-6-1-2-7-4/h1-2,8H,3H2,(H,6,7)(H,9,10). The second kappa shape index (κ2) is 2.86. The van der Waals surface area contributed by atoms with E-state index < -0.39 is 6.09 Å². The van der Waals surface area contributed by atoms with E-state index in [1.165, 1.54) is 0 Å². The van der Waals surface area contributed by atoms with E-state index in [-0.39, 0.29) is 6.54 Å². The number of hydrogen-bond donors (Lipinski definition) is 3. The van der Waals surface area contributed by atoms with Crippen molar-refractivity contribution in [2.24, 2.45) is 0 Å². The quantitative estimate of drug-likeness (QED) is 0.549. The summed E-state index contributed by atoms with van der Waals surface area (Å²) in [6, 6.07) is 0. The van der Waals surface area contributed by atoms with Gasteiger partial charge in [-0.05, 0) is 0 Å². The number of imidazole rings is 1. The van der Waals surface area contributed by atoms with E-state index in [0.29, 0.717) is 5.82 Å². The van der Waals surface area contributed by atoms with Gasteiger partial charge in [-0.2, -0.15) is 0 Å². The third kappa shape index (κ3) is 1.77. The Morgan fingerprint density at radius 2 is 2.70 bits per heavy atom. The van der Waals surface area contributed by atoms with Crippen LogP contribution in [0.4, 0.5) is 4.79 Å². The topological polar surface area (TPSA) is 78.0 Å². The van der Waals surface area contributed by atoms with Gasteiger partial charge in [-0.1, -0.05) is 0 Å². The van der Waals surface area contributed by atoms with E-state index in [4.69, 9.17) is 5.11 Å². The van der Waals surface area contributed by atoms with Crippen molar-refractivity contribution >= 4 is 6.09 Å². The van der Waals surface area contributed by atoms with E-state index >= 15 is 0 Å². The van der Waals surface area contributed by atoms with Crippen LogP contribution in [0.1, 0.15) is 5.82 Å². The molecule has 1 aromatic heterocycles. The Labute approximate surface area is 57.1 Å². The zero-order valence-electron chi connectivity index (χ0n) is 5.16. The monoisotopic (exact) mass is 141 g/mol. The highest BCUT2D eigenvalue weighted by molar-refractivity contribution is 5.64. The van der Waals surface area contributed by atoms with E-state index in [9.17, 15) is 4.79 Å². The van der Waals surface area contributed by atoms with Crippen molar-refractivity contribution in [2.45, 2.75) is 6.54 Å². The highest BCUT2D eigenvalue weighted by Crippen LogP contribution is 1.85. The average molecular weight is 141 g/mol. The van der Waals surface area contributed by atoms with E-state index in [1.807, 2.05) is 0 Å². The fourth-order valence-corrected chi connectivity index (χ4v) is 0.554. The minimum atomic E-state index is -1.04. The Morgan fingerprint density at radius 3 is 3.20 bits per heavy atom. The molecule has 0 fully saturated rings. The highest BCUT2D eigenvalue weighted by Gasteiger charge is 1.95. The van der Waals surface area contributed by atoms with Gasteiger partial charge >= 0.3 is 6.09 Å².